The maximum absolute atomic E-state index is 11.1. The van der Waals surface area contributed by atoms with Crippen LogP contribution in [-0.2, 0) is 11.2 Å². The van der Waals surface area contributed by atoms with Gasteiger partial charge in [0.15, 0.2) is 11.5 Å². The highest BCUT2D eigenvalue weighted by atomic mass is 16.5. The second-order valence-electron chi connectivity index (χ2n) is 3.70. The summed E-state index contributed by atoms with van der Waals surface area (Å²) in [6.07, 6.45) is 2.03. The van der Waals surface area contributed by atoms with Gasteiger partial charge in [-0.05, 0) is 0 Å². The molecule has 0 aromatic carbocycles. The van der Waals surface area contributed by atoms with Crippen LogP contribution in [0, 0.1) is 0 Å². The summed E-state index contributed by atoms with van der Waals surface area (Å²) in [7, 11) is 0. The Hall–Kier alpha value is -1.45. The largest absolute Gasteiger partial charge is 0.482 e. The molecule has 74 valence electrons. The van der Waals surface area contributed by atoms with E-state index in [0.717, 1.165) is 11.5 Å². The van der Waals surface area contributed by atoms with Gasteiger partial charge in [0.25, 0.3) is 0 Å². The van der Waals surface area contributed by atoms with Crippen LogP contribution in [0.3, 0.4) is 0 Å². The van der Waals surface area contributed by atoms with Crippen LogP contribution in [0.15, 0.2) is 6.20 Å². The second-order valence-corrected chi connectivity index (χ2v) is 3.70. The highest BCUT2D eigenvalue weighted by molar-refractivity contribution is 5.83. The Balaban J connectivity index is 2.37. The van der Waals surface area contributed by atoms with E-state index in [4.69, 9.17) is 4.74 Å². The molecule has 0 bridgehead atoms. The molecular weight excluding hydrogens is 180 g/mol. The molecule has 0 aliphatic carbocycles. The van der Waals surface area contributed by atoms with Gasteiger partial charge < -0.3 is 4.74 Å². The first kappa shape index (κ1) is 9.12. The van der Waals surface area contributed by atoms with Crippen molar-refractivity contribution in [3.8, 4) is 5.75 Å². The average Bonchev–Trinajstić information content (AvgIpc) is 2.16. The van der Waals surface area contributed by atoms with E-state index in [2.05, 4.69) is 9.97 Å². The Morgan fingerprint density at radius 1 is 1.50 bits per heavy atom. The molecule has 2 heterocycles. The third-order valence-electron chi connectivity index (χ3n) is 2.12. The van der Waals surface area contributed by atoms with Gasteiger partial charge in [0.1, 0.15) is 12.4 Å². The van der Waals surface area contributed by atoms with Gasteiger partial charge in [-0.25, -0.2) is 9.97 Å². The minimum atomic E-state index is 0.0749. The molecule has 0 saturated heterocycles. The zero-order chi connectivity index (χ0) is 10.1. The molecular formula is C10H12N2O2. The summed E-state index contributed by atoms with van der Waals surface area (Å²) >= 11 is 0. The molecule has 0 fully saturated rings. The number of ketones is 1. The summed E-state index contributed by atoms with van der Waals surface area (Å²) in [4.78, 5) is 19.6. The fourth-order valence-corrected chi connectivity index (χ4v) is 1.34. The standard InChI is InChI=1S/C10H12N2O2/c1-6(2)10-11-4-9-8(12-10)3-7(13)5-14-9/h4,6H,3,5H2,1-2H3. The number of Topliss-reactive ketones (excluding diaryl/α,β-unsaturated/α-hetero) is 1. The van der Waals surface area contributed by atoms with Crippen LogP contribution in [0.2, 0.25) is 0 Å². The van der Waals surface area contributed by atoms with Crippen molar-refractivity contribution in [1.82, 2.24) is 9.97 Å². The van der Waals surface area contributed by atoms with Crippen LogP contribution < -0.4 is 4.74 Å². The van der Waals surface area contributed by atoms with Crippen LogP contribution in [0.5, 0.6) is 5.75 Å². The topological polar surface area (TPSA) is 52.1 Å². The summed E-state index contributed by atoms with van der Waals surface area (Å²) in [6, 6.07) is 0. The molecule has 4 nitrogen and oxygen atoms in total. The number of ether oxygens (including phenoxy) is 1. The molecule has 1 aliphatic rings. The Kier molecular flexibility index (Phi) is 2.19. The number of nitrogens with zero attached hydrogens (tertiary/aromatic N) is 2. The lowest BCUT2D eigenvalue weighted by atomic mass is 10.1. The number of fused-ring (bicyclic) bond motifs is 1. The molecule has 14 heavy (non-hydrogen) atoms. The molecule has 0 N–H and O–H groups in total. The summed E-state index contributed by atoms with van der Waals surface area (Å²) in [5.74, 6) is 1.76. The number of carbonyl (C=O) groups excluding carboxylic acids is 1. The number of hydrogen-bond acceptors (Lipinski definition) is 4. The van der Waals surface area contributed by atoms with Crippen molar-refractivity contribution in [2.24, 2.45) is 0 Å². The third kappa shape index (κ3) is 1.60. The van der Waals surface area contributed by atoms with Crippen molar-refractivity contribution in [3.63, 3.8) is 0 Å². The average molecular weight is 192 g/mol. The number of rotatable bonds is 1. The monoisotopic (exact) mass is 192 g/mol. The molecule has 2 rings (SSSR count). The predicted octanol–water partition coefficient (Wildman–Crippen LogP) is 1.10. The lowest BCUT2D eigenvalue weighted by molar-refractivity contribution is -0.121. The van der Waals surface area contributed by atoms with Gasteiger partial charge in [-0.2, -0.15) is 0 Å². The number of hydrogen-bond donors (Lipinski definition) is 0. The Bertz CT molecular complexity index is 374. The Morgan fingerprint density at radius 2 is 2.29 bits per heavy atom. The molecule has 4 heteroatoms. The van der Waals surface area contributed by atoms with Crippen molar-refractivity contribution in [3.05, 3.63) is 17.7 Å². The number of aromatic nitrogens is 2. The fraction of sp³-hybridized carbons (Fsp3) is 0.500. The van der Waals surface area contributed by atoms with Crippen molar-refractivity contribution in [2.75, 3.05) is 6.61 Å². The minimum absolute atomic E-state index is 0.0749. The lowest BCUT2D eigenvalue weighted by Gasteiger charge is -2.16. The first-order chi connectivity index (χ1) is 6.66. The summed E-state index contributed by atoms with van der Waals surface area (Å²) < 4.78 is 5.20. The van der Waals surface area contributed by atoms with Gasteiger partial charge in [0, 0.05) is 5.92 Å². The third-order valence-corrected chi connectivity index (χ3v) is 2.12. The van der Waals surface area contributed by atoms with Crippen LogP contribution in [0.4, 0.5) is 0 Å². The SMILES string of the molecule is CC(C)c1ncc2c(n1)CC(=O)CO2. The molecule has 0 amide bonds. The second kappa shape index (κ2) is 3.36. The smallest absolute Gasteiger partial charge is 0.176 e. The van der Waals surface area contributed by atoms with Gasteiger partial charge in [-0.15, -0.1) is 0 Å². The van der Waals surface area contributed by atoms with Gasteiger partial charge in [0.05, 0.1) is 18.3 Å². The van der Waals surface area contributed by atoms with Crippen LogP contribution in [0.25, 0.3) is 0 Å². The first-order valence-corrected chi connectivity index (χ1v) is 4.67. The zero-order valence-corrected chi connectivity index (χ0v) is 8.28. The van der Waals surface area contributed by atoms with E-state index in [-0.39, 0.29) is 18.3 Å². The Morgan fingerprint density at radius 3 is 3.00 bits per heavy atom. The van der Waals surface area contributed by atoms with Crippen molar-refractivity contribution in [2.45, 2.75) is 26.2 Å². The molecule has 0 unspecified atom stereocenters. The molecule has 0 atom stereocenters. The lowest BCUT2D eigenvalue weighted by Crippen LogP contribution is -2.22. The van der Waals surface area contributed by atoms with Crippen LogP contribution in [0.1, 0.15) is 31.3 Å². The molecule has 1 aromatic rings. The predicted molar refractivity (Wildman–Crippen MR) is 50.3 cm³/mol. The maximum Gasteiger partial charge on any atom is 0.176 e. The van der Waals surface area contributed by atoms with Crippen molar-refractivity contribution in [1.29, 1.82) is 0 Å². The van der Waals surface area contributed by atoms with Gasteiger partial charge in [0.2, 0.25) is 0 Å². The molecule has 0 radical (unpaired) electrons. The van der Waals surface area contributed by atoms with E-state index in [0.29, 0.717) is 12.2 Å². The first-order valence-electron chi connectivity index (χ1n) is 4.67. The van der Waals surface area contributed by atoms with Gasteiger partial charge >= 0.3 is 0 Å². The molecule has 1 aromatic heterocycles. The van der Waals surface area contributed by atoms with E-state index in [1.165, 1.54) is 0 Å². The molecule has 0 saturated carbocycles. The van der Waals surface area contributed by atoms with Gasteiger partial charge in [-0.1, -0.05) is 13.8 Å². The van der Waals surface area contributed by atoms with E-state index in [9.17, 15) is 4.79 Å². The summed E-state index contributed by atoms with van der Waals surface area (Å²) in [5, 5.41) is 0. The van der Waals surface area contributed by atoms with E-state index in [1.54, 1.807) is 6.20 Å². The van der Waals surface area contributed by atoms with Crippen LogP contribution in [-0.4, -0.2) is 22.4 Å². The minimum Gasteiger partial charge on any atom is -0.482 e. The van der Waals surface area contributed by atoms with Gasteiger partial charge in [-0.3, -0.25) is 4.79 Å². The van der Waals surface area contributed by atoms with E-state index in [1.807, 2.05) is 13.8 Å². The normalized spacial score (nSPS) is 15.2. The quantitative estimate of drug-likeness (QED) is 0.668. The summed E-state index contributed by atoms with van der Waals surface area (Å²) in [5.41, 5.74) is 0.722. The highest BCUT2D eigenvalue weighted by Gasteiger charge is 2.19. The van der Waals surface area contributed by atoms with Crippen molar-refractivity contribution >= 4 is 5.78 Å². The highest BCUT2D eigenvalue weighted by Crippen LogP contribution is 2.21. The van der Waals surface area contributed by atoms with Crippen LogP contribution >= 0.6 is 0 Å². The number of carbonyl (C=O) groups is 1. The van der Waals surface area contributed by atoms with E-state index >= 15 is 0 Å². The molecule has 1 aliphatic heterocycles. The Labute approximate surface area is 82.3 Å². The zero-order valence-electron chi connectivity index (χ0n) is 8.28. The van der Waals surface area contributed by atoms with E-state index < -0.39 is 0 Å². The summed E-state index contributed by atoms with van der Waals surface area (Å²) in [6.45, 7) is 4.19. The fourth-order valence-electron chi connectivity index (χ4n) is 1.34. The van der Waals surface area contributed by atoms with Crippen molar-refractivity contribution < 1.29 is 9.53 Å². The maximum atomic E-state index is 11.1. The molecule has 0 spiro atoms.